The van der Waals surface area contributed by atoms with Gasteiger partial charge in [0.15, 0.2) is 5.82 Å². The summed E-state index contributed by atoms with van der Waals surface area (Å²) in [7, 11) is 1.85. The monoisotopic (exact) mass is 269 g/mol. The fourth-order valence-corrected chi connectivity index (χ4v) is 1.78. The van der Waals surface area contributed by atoms with Crippen LogP contribution in [0.2, 0.25) is 5.02 Å². The Labute approximate surface area is 109 Å². The maximum Gasteiger partial charge on any atom is 0.231 e. The Morgan fingerprint density at radius 1 is 1.44 bits per heavy atom. The number of hydrogen-bond acceptors (Lipinski definition) is 4. The van der Waals surface area contributed by atoms with Crippen LogP contribution in [0.3, 0.4) is 0 Å². The quantitative estimate of drug-likeness (QED) is 0.904. The second-order valence-electron chi connectivity index (χ2n) is 3.83. The SMILES string of the molecule is CNCCc1noc(Cc2c(F)cccc2Cl)n1. The van der Waals surface area contributed by atoms with Gasteiger partial charge in [0, 0.05) is 23.6 Å². The summed E-state index contributed by atoms with van der Waals surface area (Å²) in [5, 5.41) is 7.17. The maximum absolute atomic E-state index is 13.6. The van der Waals surface area contributed by atoms with Crippen molar-refractivity contribution in [2.24, 2.45) is 0 Å². The molecule has 0 amide bonds. The van der Waals surface area contributed by atoms with Crippen molar-refractivity contribution in [3.8, 4) is 0 Å². The molecule has 0 unspecified atom stereocenters. The largest absolute Gasteiger partial charge is 0.339 e. The van der Waals surface area contributed by atoms with E-state index in [9.17, 15) is 4.39 Å². The number of nitrogens with one attached hydrogen (secondary N) is 1. The van der Waals surface area contributed by atoms with Gasteiger partial charge in [0.2, 0.25) is 5.89 Å². The van der Waals surface area contributed by atoms with Crippen LogP contribution in [0.5, 0.6) is 0 Å². The molecule has 0 saturated carbocycles. The fourth-order valence-electron chi connectivity index (χ4n) is 1.55. The second kappa shape index (κ2) is 5.93. The Morgan fingerprint density at radius 2 is 2.28 bits per heavy atom. The molecule has 18 heavy (non-hydrogen) atoms. The summed E-state index contributed by atoms with van der Waals surface area (Å²) < 4.78 is 18.6. The summed E-state index contributed by atoms with van der Waals surface area (Å²) in [6.07, 6.45) is 0.878. The standard InChI is InChI=1S/C12H13ClFN3O/c1-15-6-5-11-16-12(18-17-11)7-8-9(13)3-2-4-10(8)14/h2-4,15H,5-7H2,1H3. The van der Waals surface area contributed by atoms with Gasteiger partial charge in [-0.15, -0.1) is 0 Å². The van der Waals surface area contributed by atoms with Gasteiger partial charge in [-0.25, -0.2) is 4.39 Å². The number of hydrogen-bond donors (Lipinski definition) is 1. The van der Waals surface area contributed by atoms with E-state index in [-0.39, 0.29) is 12.2 Å². The van der Waals surface area contributed by atoms with Crippen molar-refractivity contribution in [3.05, 3.63) is 46.3 Å². The lowest BCUT2D eigenvalue weighted by Gasteiger charge is -2.01. The number of halogens is 2. The van der Waals surface area contributed by atoms with E-state index in [1.807, 2.05) is 7.05 Å². The van der Waals surface area contributed by atoms with Gasteiger partial charge >= 0.3 is 0 Å². The Bertz CT molecular complexity index is 510. The molecule has 0 aliphatic heterocycles. The number of likely N-dealkylation sites (N-methyl/N-ethyl adjacent to an activating group) is 1. The van der Waals surface area contributed by atoms with Gasteiger partial charge < -0.3 is 9.84 Å². The molecule has 1 aromatic carbocycles. The average molecular weight is 270 g/mol. The lowest BCUT2D eigenvalue weighted by Crippen LogP contribution is -2.11. The molecule has 4 nitrogen and oxygen atoms in total. The highest BCUT2D eigenvalue weighted by atomic mass is 35.5. The van der Waals surface area contributed by atoms with E-state index in [0.717, 1.165) is 6.54 Å². The molecular formula is C12H13ClFN3O. The molecule has 0 saturated heterocycles. The predicted octanol–water partition coefficient (Wildman–Crippen LogP) is 2.21. The molecule has 0 bridgehead atoms. The minimum absolute atomic E-state index is 0.206. The minimum atomic E-state index is -0.363. The Morgan fingerprint density at radius 3 is 3.00 bits per heavy atom. The van der Waals surface area contributed by atoms with Crippen LogP contribution in [0, 0.1) is 5.82 Å². The number of aromatic nitrogens is 2. The highest BCUT2D eigenvalue weighted by Gasteiger charge is 2.12. The van der Waals surface area contributed by atoms with Gasteiger partial charge in [-0.3, -0.25) is 0 Å². The van der Waals surface area contributed by atoms with E-state index < -0.39 is 0 Å². The second-order valence-corrected chi connectivity index (χ2v) is 4.24. The first-order valence-corrected chi connectivity index (χ1v) is 5.97. The van der Waals surface area contributed by atoms with E-state index in [1.165, 1.54) is 6.07 Å². The topological polar surface area (TPSA) is 51.0 Å². The first-order chi connectivity index (χ1) is 8.70. The van der Waals surface area contributed by atoms with Gasteiger partial charge in [-0.05, 0) is 19.2 Å². The third kappa shape index (κ3) is 3.05. The Kier molecular flexibility index (Phi) is 4.28. The molecule has 0 aliphatic carbocycles. The summed E-state index contributed by atoms with van der Waals surface area (Å²) in [6, 6.07) is 4.56. The molecule has 0 spiro atoms. The normalized spacial score (nSPS) is 10.8. The molecule has 1 aromatic heterocycles. The van der Waals surface area contributed by atoms with Crippen molar-refractivity contribution in [1.29, 1.82) is 0 Å². The molecule has 96 valence electrons. The first kappa shape index (κ1) is 13.0. The summed E-state index contributed by atoms with van der Waals surface area (Å²) in [5.74, 6) is 0.609. The lowest BCUT2D eigenvalue weighted by molar-refractivity contribution is 0.378. The summed E-state index contributed by atoms with van der Waals surface area (Å²) >= 11 is 5.93. The van der Waals surface area contributed by atoms with Crippen molar-refractivity contribution in [2.45, 2.75) is 12.8 Å². The van der Waals surface area contributed by atoms with Crippen LogP contribution < -0.4 is 5.32 Å². The molecule has 1 heterocycles. The molecule has 0 radical (unpaired) electrons. The zero-order valence-corrected chi connectivity index (χ0v) is 10.7. The summed E-state index contributed by atoms with van der Waals surface area (Å²) in [5.41, 5.74) is 0.378. The molecule has 6 heteroatoms. The zero-order chi connectivity index (χ0) is 13.0. The van der Waals surface area contributed by atoms with Gasteiger partial charge in [0.05, 0.1) is 6.42 Å². The number of nitrogens with zero attached hydrogens (tertiary/aromatic N) is 2. The zero-order valence-electron chi connectivity index (χ0n) is 9.91. The van der Waals surface area contributed by atoms with E-state index >= 15 is 0 Å². The van der Waals surface area contributed by atoms with Crippen molar-refractivity contribution >= 4 is 11.6 Å². The third-order valence-corrected chi connectivity index (χ3v) is 2.85. The smallest absolute Gasteiger partial charge is 0.231 e. The highest BCUT2D eigenvalue weighted by Crippen LogP contribution is 2.21. The van der Waals surface area contributed by atoms with E-state index in [2.05, 4.69) is 15.5 Å². The maximum atomic E-state index is 13.6. The van der Waals surface area contributed by atoms with Crippen LogP contribution in [0.25, 0.3) is 0 Å². The number of rotatable bonds is 5. The van der Waals surface area contributed by atoms with Crippen molar-refractivity contribution in [1.82, 2.24) is 15.5 Å². The number of benzene rings is 1. The van der Waals surface area contributed by atoms with Gasteiger partial charge in [-0.2, -0.15) is 4.98 Å². The molecule has 2 rings (SSSR count). The fraction of sp³-hybridized carbons (Fsp3) is 0.333. The predicted molar refractivity (Wildman–Crippen MR) is 66.1 cm³/mol. The van der Waals surface area contributed by atoms with Crippen LogP contribution >= 0.6 is 11.6 Å². The summed E-state index contributed by atoms with van der Waals surface area (Å²) in [6.45, 7) is 0.763. The van der Waals surface area contributed by atoms with Crippen LogP contribution in [0.4, 0.5) is 4.39 Å². The third-order valence-electron chi connectivity index (χ3n) is 2.50. The van der Waals surface area contributed by atoms with Crippen LogP contribution in [0.15, 0.2) is 22.7 Å². The minimum Gasteiger partial charge on any atom is -0.339 e. The average Bonchev–Trinajstić information content (AvgIpc) is 2.79. The van der Waals surface area contributed by atoms with Crippen molar-refractivity contribution in [2.75, 3.05) is 13.6 Å². The van der Waals surface area contributed by atoms with E-state index in [4.69, 9.17) is 16.1 Å². The first-order valence-electron chi connectivity index (χ1n) is 5.59. The molecule has 1 N–H and O–H groups in total. The molecule has 0 fully saturated rings. The van der Waals surface area contributed by atoms with Gasteiger partial charge in [0.25, 0.3) is 0 Å². The highest BCUT2D eigenvalue weighted by molar-refractivity contribution is 6.31. The molecule has 2 aromatic rings. The molecule has 0 atom stereocenters. The van der Waals surface area contributed by atoms with Crippen molar-refractivity contribution < 1.29 is 8.91 Å². The Balaban J connectivity index is 2.11. The van der Waals surface area contributed by atoms with Gasteiger partial charge in [-0.1, -0.05) is 22.8 Å². The Hall–Kier alpha value is -1.46. The lowest BCUT2D eigenvalue weighted by atomic mass is 10.1. The van der Waals surface area contributed by atoms with E-state index in [1.54, 1.807) is 12.1 Å². The van der Waals surface area contributed by atoms with E-state index in [0.29, 0.717) is 28.7 Å². The van der Waals surface area contributed by atoms with Crippen LogP contribution in [0.1, 0.15) is 17.3 Å². The van der Waals surface area contributed by atoms with Crippen LogP contribution in [-0.2, 0) is 12.8 Å². The molecular weight excluding hydrogens is 257 g/mol. The van der Waals surface area contributed by atoms with Crippen LogP contribution in [-0.4, -0.2) is 23.7 Å². The molecule has 0 aliphatic rings. The summed E-state index contributed by atoms with van der Waals surface area (Å²) in [4.78, 5) is 4.18. The van der Waals surface area contributed by atoms with Gasteiger partial charge in [0.1, 0.15) is 5.82 Å². The van der Waals surface area contributed by atoms with Crippen molar-refractivity contribution in [3.63, 3.8) is 0 Å².